The van der Waals surface area contributed by atoms with Crippen molar-refractivity contribution < 1.29 is 14.7 Å². The van der Waals surface area contributed by atoms with E-state index in [1.165, 1.54) is 18.3 Å². The summed E-state index contributed by atoms with van der Waals surface area (Å²) in [7, 11) is 0. The number of rotatable bonds is 4. The summed E-state index contributed by atoms with van der Waals surface area (Å²) in [4.78, 5) is 22.6. The lowest BCUT2D eigenvalue weighted by Crippen LogP contribution is -2.23. The van der Waals surface area contributed by atoms with Crippen LogP contribution in [-0.4, -0.2) is 17.1 Å². The van der Waals surface area contributed by atoms with Crippen LogP contribution >= 0.6 is 15.9 Å². The SMILES string of the molecule is O=C(N/C=C/c1cccc(Br)c1)Nc1cccc(C(=O)O)c1. The van der Waals surface area contributed by atoms with E-state index < -0.39 is 12.0 Å². The van der Waals surface area contributed by atoms with Crippen molar-refractivity contribution in [1.82, 2.24) is 5.32 Å². The number of carbonyl (C=O) groups is 2. The van der Waals surface area contributed by atoms with E-state index in [1.54, 1.807) is 18.2 Å². The largest absolute Gasteiger partial charge is 0.478 e. The molecule has 2 amide bonds. The van der Waals surface area contributed by atoms with Crippen LogP contribution < -0.4 is 10.6 Å². The molecule has 0 radical (unpaired) electrons. The molecule has 0 aromatic heterocycles. The molecule has 0 spiro atoms. The van der Waals surface area contributed by atoms with Gasteiger partial charge in [-0.1, -0.05) is 34.1 Å². The molecule has 2 aromatic rings. The van der Waals surface area contributed by atoms with Crippen LogP contribution in [0.5, 0.6) is 0 Å². The van der Waals surface area contributed by atoms with E-state index in [0.717, 1.165) is 10.0 Å². The molecule has 0 heterocycles. The highest BCUT2D eigenvalue weighted by molar-refractivity contribution is 9.10. The van der Waals surface area contributed by atoms with E-state index in [4.69, 9.17) is 5.11 Å². The quantitative estimate of drug-likeness (QED) is 0.772. The summed E-state index contributed by atoms with van der Waals surface area (Å²) in [5.74, 6) is -1.04. The number of carboxylic acid groups (broad SMARTS) is 1. The second-order valence-corrected chi connectivity index (χ2v) is 5.29. The number of benzene rings is 2. The molecular weight excluding hydrogens is 348 g/mol. The molecule has 5 nitrogen and oxygen atoms in total. The Kier molecular flexibility index (Phi) is 5.32. The number of anilines is 1. The lowest BCUT2D eigenvalue weighted by Gasteiger charge is -2.05. The van der Waals surface area contributed by atoms with E-state index >= 15 is 0 Å². The fourth-order valence-electron chi connectivity index (χ4n) is 1.72. The number of carboxylic acids is 1. The summed E-state index contributed by atoms with van der Waals surface area (Å²) in [6.07, 6.45) is 3.26. The van der Waals surface area contributed by atoms with E-state index in [1.807, 2.05) is 24.3 Å². The van der Waals surface area contributed by atoms with Gasteiger partial charge in [-0.25, -0.2) is 9.59 Å². The van der Waals surface area contributed by atoms with Gasteiger partial charge in [-0.3, -0.25) is 0 Å². The molecule has 0 aliphatic heterocycles. The average molecular weight is 361 g/mol. The second kappa shape index (κ2) is 7.42. The number of halogens is 1. The van der Waals surface area contributed by atoms with Gasteiger partial charge in [-0.05, 0) is 42.0 Å². The van der Waals surface area contributed by atoms with Crippen molar-refractivity contribution >= 4 is 39.7 Å². The van der Waals surface area contributed by atoms with Crippen LogP contribution in [0.15, 0.2) is 59.2 Å². The standard InChI is InChI=1S/C16H13BrN2O3/c17-13-5-1-3-11(9-13)7-8-18-16(22)19-14-6-2-4-12(10-14)15(20)21/h1-10H,(H,20,21)(H2,18,19,22)/b8-7+. The fraction of sp³-hybridized carbons (Fsp3) is 0. The van der Waals surface area contributed by atoms with Crippen LogP contribution in [0.3, 0.4) is 0 Å². The first-order valence-electron chi connectivity index (χ1n) is 6.37. The minimum absolute atomic E-state index is 0.113. The third kappa shape index (κ3) is 4.75. The summed E-state index contributed by atoms with van der Waals surface area (Å²) in [5, 5.41) is 14.0. The molecule has 6 heteroatoms. The van der Waals surface area contributed by atoms with Gasteiger partial charge < -0.3 is 15.7 Å². The highest BCUT2D eigenvalue weighted by Crippen LogP contribution is 2.12. The van der Waals surface area contributed by atoms with Crippen molar-refractivity contribution in [2.75, 3.05) is 5.32 Å². The zero-order chi connectivity index (χ0) is 15.9. The number of amides is 2. The van der Waals surface area contributed by atoms with Crippen molar-refractivity contribution in [2.24, 2.45) is 0 Å². The first-order chi connectivity index (χ1) is 10.5. The minimum atomic E-state index is -1.04. The van der Waals surface area contributed by atoms with Crippen molar-refractivity contribution in [1.29, 1.82) is 0 Å². The van der Waals surface area contributed by atoms with E-state index in [-0.39, 0.29) is 5.56 Å². The van der Waals surface area contributed by atoms with Gasteiger partial charge in [-0.15, -0.1) is 0 Å². The van der Waals surface area contributed by atoms with Crippen molar-refractivity contribution in [3.05, 3.63) is 70.3 Å². The smallest absolute Gasteiger partial charge is 0.335 e. The Labute approximate surface area is 135 Å². The summed E-state index contributed by atoms with van der Waals surface area (Å²) in [6, 6.07) is 13.2. The van der Waals surface area contributed by atoms with E-state index in [9.17, 15) is 9.59 Å². The zero-order valence-electron chi connectivity index (χ0n) is 11.4. The molecule has 2 rings (SSSR count). The fourth-order valence-corrected chi connectivity index (χ4v) is 2.14. The summed E-state index contributed by atoms with van der Waals surface area (Å²) >= 11 is 3.36. The highest BCUT2D eigenvalue weighted by Gasteiger charge is 2.04. The Balaban J connectivity index is 1.93. The molecular formula is C16H13BrN2O3. The Morgan fingerprint density at radius 3 is 2.59 bits per heavy atom. The zero-order valence-corrected chi connectivity index (χ0v) is 13.0. The lowest BCUT2D eigenvalue weighted by molar-refractivity contribution is 0.0697. The van der Waals surface area contributed by atoms with Crippen LogP contribution in [0.1, 0.15) is 15.9 Å². The Morgan fingerprint density at radius 2 is 1.86 bits per heavy atom. The van der Waals surface area contributed by atoms with Gasteiger partial charge in [0.2, 0.25) is 0 Å². The number of nitrogens with one attached hydrogen (secondary N) is 2. The van der Waals surface area contributed by atoms with E-state index in [0.29, 0.717) is 5.69 Å². The topological polar surface area (TPSA) is 78.4 Å². The van der Waals surface area contributed by atoms with Gasteiger partial charge in [0, 0.05) is 16.4 Å². The number of urea groups is 1. The Hall–Kier alpha value is -2.60. The van der Waals surface area contributed by atoms with Crippen LogP contribution in [0.4, 0.5) is 10.5 Å². The first-order valence-corrected chi connectivity index (χ1v) is 7.17. The van der Waals surface area contributed by atoms with Crippen LogP contribution in [0.25, 0.3) is 6.08 Å². The van der Waals surface area contributed by atoms with Crippen LogP contribution in [-0.2, 0) is 0 Å². The van der Waals surface area contributed by atoms with E-state index in [2.05, 4.69) is 26.6 Å². The molecule has 112 valence electrons. The summed E-state index contributed by atoms with van der Waals surface area (Å²) in [5.41, 5.74) is 1.46. The molecule has 2 aromatic carbocycles. The van der Waals surface area contributed by atoms with Gasteiger partial charge in [-0.2, -0.15) is 0 Å². The normalized spacial score (nSPS) is 10.4. The average Bonchev–Trinajstić information content (AvgIpc) is 2.47. The molecule has 0 aliphatic carbocycles. The van der Waals surface area contributed by atoms with Gasteiger partial charge in [0.15, 0.2) is 0 Å². The number of hydrogen-bond donors (Lipinski definition) is 3. The molecule has 0 bridgehead atoms. The van der Waals surface area contributed by atoms with Crippen molar-refractivity contribution in [3.63, 3.8) is 0 Å². The molecule has 0 unspecified atom stereocenters. The maximum Gasteiger partial charge on any atom is 0.335 e. The third-order valence-electron chi connectivity index (χ3n) is 2.71. The van der Waals surface area contributed by atoms with Gasteiger partial charge in [0.25, 0.3) is 0 Å². The molecule has 3 N–H and O–H groups in total. The van der Waals surface area contributed by atoms with Gasteiger partial charge >= 0.3 is 12.0 Å². The van der Waals surface area contributed by atoms with Crippen LogP contribution in [0.2, 0.25) is 0 Å². The maximum atomic E-state index is 11.7. The highest BCUT2D eigenvalue weighted by atomic mass is 79.9. The van der Waals surface area contributed by atoms with Crippen molar-refractivity contribution in [2.45, 2.75) is 0 Å². The lowest BCUT2D eigenvalue weighted by atomic mass is 10.2. The predicted octanol–water partition coefficient (Wildman–Crippen LogP) is 3.94. The Morgan fingerprint density at radius 1 is 1.09 bits per heavy atom. The molecule has 0 saturated carbocycles. The molecule has 0 aliphatic rings. The number of hydrogen-bond acceptors (Lipinski definition) is 2. The van der Waals surface area contributed by atoms with Crippen LogP contribution in [0, 0.1) is 0 Å². The maximum absolute atomic E-state index is 11.7. The summed E-state index contributed by atoms with van der Waals surface area (Å²) < 4.78 is 0.949. The van der Waals surface area contributed by atoms with Crippen molar-refractivity contribution in [3.8, 4) is 0 Å². The molecule has 0 atom stereocenters. The van der Waals surface area contributed by atoms with Gasteiger partial charge in [0.1, 0.15) is 0 Å². The molecule has 0 fully saturated rings. The third-order valence-corrected chi connectivity index (χ3v) is 3.20. The minimum Gasteiger partial charge on any atom is -0.478 e. The Bertz CT molecular complexity index is 729. The monoisotopic (exact) mass is 360 g/mol. The summed E-state index contributed by atoms with van der Waals surface area (Å²) in [6.45, 7) is 0. The molecule has 22 heavy (non-hydrogen) atoms. The molecule has 0 saturated heterocycles. The predicted molar refractivity (Wildman–Crippen MR) is 88.7 cm³/mol. The number of aromatic carboxylic acids is 1. The number of carbonyl (C=O) groups excluding carboxylic acids is 1. The first kappa shape index (κ1) is 15.8. The van der Waals surface area contributed by atoms with Gasteiger partial charge in [0.05, 0.1) is 5.56 Å². The second-order valence-electron chi connectivity index (χ2n) is 4.37.